The molecule has 0 amide bonds. The second kappa shape index (κ2) is 8.10. The normalized spacial score (nSPS) is 16.5. The second-order valence-electron chi connectivity index (χ2n) is 5.80. The number of rotatable bonds is 7. The number of ether oxygens (including phenoxy) is 2. The lowest BCUT2D eigenvalue weighted by Crippen LogP contribution is -2.38. The van der Waals surface area contributed by atoms with Crippen LogP contribution in [0.1, 0.15) is 17.5 Å². The van der Waals surface area contributed by atoms with Crippen LogP contribution < -0.4 is 9.46 Å². The molecule has 0 spiro atoms. The Labute approximate surface area is 138 Å². The highest BCUT2D eigenvalue weighted by atomic mass is 32.2. The van der Waals surface area contributed by atoms with Crippen LogP contribution in [-0.4, -0.2) is 59.8 Å². The van der Waals surface area contributed by atoms with Gasteiger partial charge in [0, 0.05) is 19.6 Å². The molecular weight excluding hydrogens is 316 g/mol. The first-order valence-electron chi connectivity index (χ1n) is 7.89. The Balaban J connectivity index is 1.93. The van der Waals surface area contributed by atoms with Crippen molar-refractivity contribution in [2.24, 2.45) is 0 Å². The fourth-order valence-electron chi connectivity index (χ4n) is 2.86. The van der Waals surface area contributed by atoms with Gasteiger partial charge in [-0.15, -0.1) is 0 Å². The Morgan fingerprint density at radius 2 is 1.83 bits per heavy atom. The van der Waals surface area contributed by atoms with Crippen LogP contribution in [0.15, 0.2) is 17.0 Å². The number of methoxy groups -OCH3 is 1. The van der Waals surface area contributed by atoms with Crippen molar-refractivity contribution in [2.75, 3.05) is 46.5 Å². The van der Waals surface area contributed by atoms with Crippen LogP contribution in [-0.2, 0) is 14.8 Å². The molecule has 1 heterocycles. The lowest BCUT2D eigenvalue weighted by molar-refractivity contribution is 0.0376. The van der Waals surface area contributed by atoms with Gasteiger partial charge in [0.1, 0.15) is 5.75 Å². The zero-order valence-electron chi connectivity index (χ0n) is 14.1. The smallest absolute Gasteiger partial charge is 0.241 e. The molecule has 0 radical (unpaired) electrons. The summed E-state index contributed by atoms with van der Waals surface area (Å²) in [5.41, 5.74) is 1.39. The van der Waals surface area contributed by atoms with E-state index in [4.69, 9.17) is 9.47 Å². The highest BCUT2D eigenvalue weighted by Crippen LogP contribution is 2.25. The van der Waals surface area contributed by atoms with Crippen molar-refractivity contribution < 1.29 is 17.9 Å². The van der Waals surface area contributed by atoms with Gasteiger partial charge in [0.25, 0.3) is 0 Å². The van der Waals surface area contributed by atoms with Crippen molar-refractivity contribution in [1.82, 2.24) is 9.62 Å². The summed E-state index contributed by atoms with van der Waals surface area (Å²) < 4.78 is 38.3. The largest absolute Gasteiger partial charge is 0.497 e. The van der Waals surface area contributed by atoms with Gasteiger partial charge in [-0.2, -0.15) is 0 Å². The summed E-state index contributed by atoms with van der Waals surface area (Å²) in [5.74, 6) is 0.672. The molecule has 1 aliphatic rings. The van der Waals surface area contributed by atoms with Crippen molar-refractivity contribution in [3.63, 3.8) is 0 Å². The van der Waals surface area contributed by atoms with Crippen molar-refractivity contribution in [1.29, 1.82) is 0 Å². The van der Waals surface area contributed by atoms with E-state index in [0.29, 0.717) is 28.3 Å². The van der Waals surface area contributed by atoms with Gasteiger partial charge in [-0.05, 0) is 50.1 Å². The third kappa shape index (κ3) is 4.91. The van der Waals surface area contributed by atoms with Crippen molar-refractivity contribution in [2.45, 2.75) is 25.2 Å². The summed E-state index contributed by atoms with van der Waals surface area (Å²) >= 11 is 0. The SMILES string of the molecule is COc1cc(C)c(S(=O)(=O)NCCCN2CCOCC2)c(C)c1. The Bertz CT molecular complexity index is 602. The predicted octanol–water partition coefficient (Wildman–Crippen LogP) is 1.31. The van der Waals surface area contributed by atoms with Gasteiger partial charge in [0.15, 0.2) is 0 Å². The van der Waals surface area contributed by atoms with Gasteiger partial charge < -0.3 is 9.47 Å². The number of hydrogen-bond donors (Lipinski definition) is 1. The van der Waals surface area contributed by atoms with E-state index in [1.165, 1.54) is 0 Å². The number of morpholine rings is 1. The average molecular weight is 342 g/mol. The Morgan fingerprint density at radius 3 is 2.39 bits per heavy atom. The van der Waals surface area contributed by atoms with E-state index < -0.39 is 10.0 Å². The summed E-state index contributed by atoms with van der Waals surface area (Å²) in [6, 6.07) is 3.49. The third-order valence-electron chi connectivity index (χ3n) is 3.99. The van der Waals surface area contributed by atoms with E-state index in [1.54, 1.807) is 33.1 Å². The van der Waals surface area contributed by atoms with E-state index in [0.717, 1.165) is 39.3 Å². The maximum Gasteiger partial charge on any atom is 0.241 e. The number of benzene rings is 1. The minimum Gasteiger partial charge on any atom is -0.497 e. The van der Waals surface area contributed by atoms with Crippen LogP contribution in [0.4, 0.5) is 0 Å². The molecule has 0 aromatic heterocycles. The Morgan fingerprint density at radius 1 is 1.22 bits per heavy atom. The van der Waals surface area contributed by atoms with Crippen LogP contribution in [0.2, 0.25) is 0 Å². The van der Waals surface area contributed by atoms with Crippen LogP contribution in [0.3, 0.4) is 0 Å². The molecule has 1 N–H and O–H groups in total. The second-order valence-corrected chi connectivity index (χ2v) is 7.50. The van der Waals surface area contributed by atoms with E-state index in [2.05, 4.69) is 9.62 Å². The molecule has 1 aromatic rings. The maximum absolute atomic E-state index is 12.5. The monoisotopic (exact) mass is 342 g/mol. The fourth-order valence-corrected chi connectivity index (χ4v) is 4.38. The highest BCUT2D eigenvalue weighted by Gasteiger charge is 2.20. The molecular formula is C16H26N2O4S. The summed E-state index contributed by atoms with van der Waals surface area (Å²) in [6.07, 6.45) is 0.785. The van der Waals surface area contributed by atoms with Crippen LogP contribution in [0, 0.1) is 13.8 Å². The molecule has 0 atom stereocenters. The van der Waals surface area contributed by atoms with Crippen molar-refractivity contribution >= 4 is 10.0 Å². The molecule has 1 fully saturated rings. The molecule has 1 aromatic carbocycles. The molecule has 7 heteroatoms. The van der Waals surface area contributed by atoms with E-state index >= 15 is 0 Å². The van der Waals surface area contributed by atoms with Gasteiger partial charge in [-0.3, -0.25) is 4.90 Å². The zero-order chi connectivity index (χ0) is 16.9. The molecule has 0 aliphatic carbocycles. The summed E-state index contributed by atoms with van der Waals surface area (Å²) in [5, 5.41) is 0. The molecule has 2 rings (SSSR count). The van der Waals surface area contributed by atoms with Crippen LogP contribution in [0.5, 0.6) is 5.75 Å². The minimum absolute atomic E-state index is 0.352. The van der Waals surface area contributed by atoms with E-state index in [1.807, 2.05) is 0 Å². The molecule has 0 unspecified atom stereocenters. The highest BCUT2D eigenvalue weighted by molar-refractivity contribution is 7.89. The van der Waals surface area contributed by atoms with E-state index in [-0.39, 0.29) is 0 Å². The van der Waals surface area contributed by atoms with Gasteiger partial charge in [-0.25, -0.2) is 13.1 Å². The first-order valence-corrected chi connectivity index (χ1v) is 9.37. The molecule has 23 heavy (non-hydrogen) atoms. The van der Waals surface area contributed by atoms with Gasteiger partial charge in [-0.1, -0.05) is 0 Å². The first-order chi connectivity index (χ1) is 10.9. The summed E-state index contributed by atoms with van der Waals surface area (Å²) in [7, 11) is -1.92. The third-order valence-corrected chi connectivity index (χ3v) is 5.75. The first kappa shape index (κ1) is 18.2. The lowest BCUT2D eigenvalue weighted by atomic mass is 10.1. The van der Waals surface area contributed by atoms with Gasteiger partial charge in [0.05, 0.1) is 25.2 Å². The van der Waals surface area contributed by atoms with Crippen LogP contribution >= 0.6 is 0 Å². The molecule has 0 saturated carbocycles. The molecule has 1 saturated heterocycles. The predicted molar refractivity (Wildman–Crippen MR) is 89.5 cm³/mol. The van der Waals surface area contributed by atoms with Gasteiger partial charge in [0.2, 0.25) is 10.0 Å². The molecule has 0 bridgehead atoms. The molecule has 1 aliphatic heterocycles. The summed E-state index contributed by atoms with van der Waals surface area (Å²) in [4.78, 5) is 2.64. The Kier molecular flexibility index (Phi) is 6.41. The van der Waals surface area contributed by atoms with E-state index in [9.17, 15) is 8.42 Å². The standard InChI is InChI=1S/C16H26N2O4S/c1-13-11-15(21-3)12-14(2)16(13)23(19,20)17-5-4-6-18-7-9-22-10-8-18/h11-12,17H,4-10H2,1-3H3. The topological polar surface area (TPSA) is 67.9 Å². The Hall–Kier alpha value is -1.15. The lowest BCUT2D eigenvalue weighted by Gasteiger charge is -2.26. The number of hydrogen-bond acceptors (Lipinski definition) is 5. The van der Waals surface area contributed by atoms with Crippen LogP contribution in [0.25, 0.3) is 0 Å². The number of nitrogens with zero attached hydrogens (tertiary/aromatic N) is 1. The van der Waals surface area contributed by atoms with Crippen molar-refractivity contribution in [3.8, 4) is 5.75 Å². The number of sulfonamides is 1. The minimum atomic E-state index is -3.50. The fraction of sp³-hybridized carbons (Fsp3) is 0.625. The van der Waals surface area contributed by atoms with Crippen molar-refractivity contribution in [3.05, 3.63) is 23.3 Å². The molecule has 6 nitrogen and oxygen atoms in total. The van der Waals surface area contributed by atoms with Gasteiger partial charge >= 0.3 is 0 Å². The summed E-state index contributed by atoms with van der Waals surface area (Å²) in [6.45, 7) is 8.26. The number of aryl methyl sites for hydroxylation is 2. The zero-order valence-corrected chi connectivity index (χ0v) is 14.9. The number of nitrogens with one attached hydrogen (secondary N) is 1. The molecule has 130 valence electrons. The average Bonchev–Trinajstić information content (AvgIpc) is 2.51. The maximum atomic E-state index is 12.5. The quantitative estimate of drug-likeness (QED) is 0.757.